The molecule has 0 aliphatic carbocycles. The fraction of sp³-hybridized carbons (Fsp3) is 0.333. The number of sulfonamides is 1. The molecular formula is C6H9NO2S. The highest BCUT2D eigenvalue weighted by Gasteiger charge is 1.97. The van der Waals surface area contributed by atoms with Gasteiger partial charge in [0, 0.05) is 11.8 Å². The Balaban J connectivity index is 4.23. The van der Waals surface area contributed by atoms with Crippen molar-refractivity contribution in [3.63, 3.8) is 0 Å². The first-order chi connectivity index (χ1) is 4.45. The van der Waals surface area contributed by atoms with Gasteiger partial charge in [0.15, 0.2) is 0 Å². The van der Waals surface area contributed by atoms with Gasteiger partial charge in [-0.25, -0.2) is 8.42 Å². The van der Waals surface area contributed by atoms with E-state index < -0.39 is 10.0 Å². The van der Waals surface area contributed by atoms with Crippen molar-refractivity contribution in [3.8, 4) is 12.3 Å². The highest BCUT2D eigenvalue weighted by molar-refractivity contribution is 7.88. The molecule has 0 rings (SSSR count). The smallest absolute Gasteiger partial charge is 0.229 e. The first-order valence-electron chi connectivity index (χ1n) is 2.56. The van der Waals surface area contributed by atoms with E-state index in [1.165, 1.54) is 6.08 Å². The van der Waals surface area contributed by atoms with Crippen LogP contribution in [0.4, 0.5) is 0 Å². The Labute approximate surface area is 61.2 Å². The summed E-state index contributed by atoms with van der Waals surface area (Å²) in [6.45, 7) is 1.58. The first kappa shape index (κ1) is 9.05. The van der Waals surface area contributed by atoms with Gasteiger partial charge in [0.2, 0.25) is 10.0 Å². The van der Waals surface area contributed by atoms with Crippen molar-refractivity contribution in [2.45, 2.75) is 6.92 Å². The van der Waals surface area contributed by atoms with Crippen LogP contribution in [-0.4, -0.2) is 14.7 Å². The van der Waals surface area contributed by atoms with Crippen molar-refractivity contribution in [2.24, 2.45) is 0 Å². The number of rotatable bonds is 2. The summed E-state index contributed by atoms with van der Waals surface area (Å²) >= 11 is 0. The summed E-state index contributed by atoms with van der Waals surface area (Å²) in [5.74, 6) is 2.20. The molecule has 1 N–H and O–H groups in total. The highest BCUT2D eigenvalue weighted by Crippen LogP contribution is 1.87. The molecule has 0 aliphatic rings. The van der Waals surface area contributed by atoms with Crippen LogP contribution in [0.25, 0.3) is 0 Å². The van der Waals surface area contributed by atoms with E-state index in [1.54, 1.807) is 6.92 Å². The minimum atomic E-state index is -3.16. The van der Waals surface area contributed by atoms with Crippen LogP contribution in [-0.2, 0) is 10.0 Å². The summed E-state index contributed by atoms with van der Waals surface area (Å²) in [5, 5.41) is 0. The van der Waals surface area contributed by atoms with E-state index in [2.05, 4.69) is 10.6 Å². The van der Waals surface area contributed by atoms with E-state index >= 15 is 0 Å². The van der Waals surface area contributed by atoms with Crippen LogP contribution in [0.15, 0.2) is 11.8 Å². The van der Waals surface area contributed by atoms with Gasteiger partial charge in [0.05, 0.1) is 6.26 Å². The molecule has 0 spiro atoms. The summed E-state index contributed by atoms with van der Waals surface area (Å²) in [6, 6.07) is 0. The second-order valence-corrected chi connectivity index (χ2v) is 3.62. The summed E-state index contributed by atoms with van der Waals surface area (Å²) in [6.07, 6.45) is 7.31. The first-order valence-corrected chi connectivity index (χ1v) is 4.45. The molecule has 0 bridgehead atoms. The quantitative estimate of drug-likeness (QED) is 0.580. The fourth-order valence-electron chi connectivity index (χ4n) is 0.447. The van der Waals surface area contributed by atoms with E-state index in [0.717, 1.165) is 6.26 Å². The fourth-order valence-corrected chi connectivity index (χ4v) is 1.09. The Morgan fingerprint density at radius 3 is 2.50 bits per heavy atom. The van der Waals surface area contributed by atoms with Gasteiger partial charge in [-0.3, -0.25) is 4.72 Å². The summed E-state index contributed by atoms with van der Waals surface area (Å²) in [5.41, 5.74) is 0.449. The third kappa shape index (κ3) is 5.19. The van der Waals surface area contributed by atoms with Crippen LogP contribution in [0.1, 0.15) is 6.92 Å². The number of hydrogen-bond donors (Lipinski definition) is 1. The molecule has 0 radical (unpaired) electrons. The van der Waals surface area contributed by atoms with E-state index in [9.17, 15) is 8.42 Å². The molecule has 0 saturated carbocycles. The van der Waals surface area contributed by atoms with Gasteiger partial charge < -0.3 is 0 Å². The third-order valence-electron chi connectivity index (χ3n) is 0.646. The largest absolute Gasteiger partial charge is 0.287 e. The molecular weight excluding hydrogens is 150 g/mol. The molecule has 0 aromatic carbocycles. The van der Waals surface area contributed by atoms with Crippen LogP contribution in [0.5, 0.6) is 0 Å². The van der Waals surface area contributed by atoms with Crippen molar-refractivity contribution in [1.82, 2.24) is 4.72 Å². The lowest BCUT2D eigenvalue weighted by Crippen LogP contribution is -2.19. The molecule has 0 aromatic rings. The summed E-state index contributed by atoms with van der Waals surface area (Å²) in [7, 11) is -3.16. The minimum absolute atomic E-state index is 0.449. The molecule has 0 aliphatic heterocycles. The number of hydrogen-bond acceptors (Lipinski definition) is 2. The Kier molecular flexibility index (Phi) is 2.97. The van der Waals surface area contributed by atoms with Crippen molar-refractivity contribution in [2.75, 3.05) is 6.26 Å². The molecule has 0 atom stereocenters. The van der Waals surface area contributed by atoms with Crippen LogP contribution in [0, 0.1) is 12.3 Å². The maximum absolute atomic E-state index is 10.5. The van der Waals surface area contributed by atoms with Crippen molar-refractivity contribution >= 4 is 10.0 Å². The van der Waals surface area contributed by atoms with Crippen LogP contribution < -0.4 is 4.72 Å². The molecule has 0 saturated heterocycles. The summed E-state index contributed by atoms with van der Waals surface area (Å²) in [4.78, 5) is 0. The topological polar surface area (TPSA) is 46.2 Å². The second kappa shape index (κ2) is 3.28. The normalized spacial score (nSPS) is 12.3. The van der Waals surface area contributed by atoms with Gasteiger partial charge >= 0.3 is 0 Å². The molecule has 0 heterocycles. The van der Waals surface area contributed by atoms with Crippen molar-refractivity contribution in [3.05, 3.63) is 11.8 Å². The SMILES string of the molecule is C#C/C=C(\C)NS(C)(=O)=O. The Morgan fingerprint density at radius 1 is 1.70 bits per heavy atom. The lowest BCUT2D eigenvalue weighted by Gasteiger charge is -1.99. The Hall–Kier alpha value is -0.950. The molecule has 0 aromatic heterocycles. The van der Waals surface area contributed by atoms with Crippen LogP contribution >= 0.6 is 0 Å². The van der Waals surface area contributed by atoms with Crippen molar-refractivity contribution in [1.29, 1.82) is 0 Å². The minimum Gasteiger partial charge on any atom is -0.287 e. The molecule has 0 amide bonds. The van der Waals surface area contributed by atoms with Crippen molar-refractivity contribution < 1.29 is 8.42 Å². The lowest BCUT2D eigenvalue weighted by molar-refractivity contribution is 0.595. The van der Waals surface area contributed by atoms with E-state index in [-0.39, 0.29) is 0 Å². The zero-order chi connectivity index (χ0) is 8.20. The Morgan fingerprint density at radius 2 is 2.20 bits per heavy atom. The van der Waals surface area contributed by atoms with Gasteiger partial charge in [-0.1, -0.05) is 5.92 Å². The summed E-state index contributed by atoms with van der Waals surface area (Å²) < 4.78 is 23.2. The number of terminal acetylenes is 1. The van der Waals surface area contributed by atoms with Gasteiger partial charge in [-0.2, -0.15) is 0 Å². The van der Waals surface area contributed by atoms with Gasteiger partial charge in [-0.15, -0.1) is 6.42 Å². The highest BCUT2D eigenvalue weighted by atomic mass is 32.2. The molecule has 10 heavy (non-hydrogen) atoms. The molecule has 3 nitrogen and oxygen atoms in total. The second-order valence-electron chi connectivity index (χ2n) is 1.87. The average Bonchev–Trinajstić information content (AvgIpc) is 1.59. The zero-order valence-electron chi connectivity index (χ0n) is 5.88. The predicted molar refractivity (Wildman–Crippen MR) is 40.6 cm³/mol. The monoisotopic (exact) mass is 159 g/mol. The predicted octanol–water partition coefficient (Wildman–Crippen LogP) is 0.0726. The van der Waals surface area contributed by atoms with E-state index in [4.69, 9.17) is 6.42 Å². The zero-order valence-corrected chi connectivity index (χ0v) is 6.70. The van der Waals surface area contributed by atoms with Crippen LogP contribution in [0.2, 0.25) is 0 Å². The standard InChI is InChI=1S/C6H9NO2S/c1-4-5-6(2)7-10(3,8)9/h1,5,7H,2-3H3/b6-5+. The lowest BCUT2D eigenvalue weighted by atomic mass is 10.5. The third-order valence-corrected chi connectivity index (χ3v) is 1.34. The van der Waals surface area contributed by atoms with Gasteiger partial charge in [-0.05, 0) is 6.92 Å². The number of allylic oxidation sites excluding steroid dienone is 2. The van der Waals surface area contributed by atoms with Gasteiger partial charge in [0.1, 0.15) is 0 Å². The maximum atomic E-state index is 10.5. The molecule has 56 valence electrons. The van der Waals surface area contributed by atoms with E-state index in [0.29, 0.717) is 5.70 Å². The molecule has 4 heteroatoms. The van der Waals surface area contributed by atoms with Gasteiger partial charge in [0.25, 0.3) is 0 Å². The Bertz CT molecular complexity index is 269. The average molecular weight is 159 g/mol. The van der Waals surface area contributed by atoms with E-state index in [1.807, 2.05) is 0 Å². The maximum Gasteiger partial charge on any atom is 0.229 e. The molecule has 0 unspecified atom stereocenters. The number of nitrogens with one attached hydrogen (secondary N) is 1. The van der Waals surface area contributed by atoms with Crippen LogP contribution in [0.3, 0.4) is 0 Å². The molecule has 0 fully saturated rings.